The first-order chi connectivity index (χ1) is 10.3. The van der Waals surface area contributed by atoms with Crippen LogP contribution in [0.1, 0.15) is 25.8 Å². The van der Waals surface area contributed by atoms with Crippen LogP contribution in [0, 0.1) is 5.82 Å². The fourth-order valence-electron chi connectivity index (χ4n) is 2.56. The average molecular weight is 305 g/mol. The fourth-order valence-corrected chi connectivity index (χ4v) is 2.56. The van der Waals surface area contributed by atoms with Crippen molar-refractivity contribution < 1.29 is 9.18 Å². The van der Waals surface area contributed by atoms with E-state index in [0.29, 0.717) is 12.1 Å². The molecular formula is C17H24FN3O. The van der Waals surface area contributed by atoms with E-state index in [2.05, 4.69) is 15.2 Å². The second-order valence-corrected chi connectivity index (χ2v) is 6.43. The van der Waals surface area contributed by atoms with E-state index >= 15 is 0 Å². The van der Waals surface area contributed by atoms with Gasteiger partial charge in [0.05, 0.1) is 5.41 Å². The lowest BCUT2D eigenvalue weighted by Crippen LogP contribution is -2.40. The summed E-state index contributed by atoms with van der Waals surface area (Å²) < 4.78 is 13.3. The van der Waals surface area contributed by atoms with Crippen LogP contribution >= 0.6 is 0 Å². The number of halogens is 1. The van der Waals surface area contributed by atoms with Crippen molar-refractivity contribution >= 4 is 16.8 Å². The lowest BCUT2D eigenvalue weighted by molar-refractivity contribution is -0.125. The lowest BCUT2D eigenvalue weighted by atomic mass is 9.83. The molecule has 1 heterocycles. The number of hydrogen-bond donors (Lipinski definition) is 2. The van der Waals surface area contributed by atoms with E-state index in [9.17, 15) is 9.18 Å². The SMILES string of the molecule is CN(C)CCCNC(=O)C(C)(C)c1c[nH]c2cc(F)ccc12. The minimum atomic E-state index is -0.672. The van der Waals surface area contributed by atoms with Gasteiger partial charge in [0.25, 0.3) is 0 Å². The van der Waals surface area contributed by atoms with Crippen LogP contribution < -0.4 is 5.32 Å². The van der Waals surface area contributed by atoms with Gasteiger partial charge in [-0.05, 0) is 64.7 Å². The molecular weight excluding hydrogens is 281 g/mol. The molecule has 0 atom stereocenters. The van der Waals surface area contributed by atoms with Crippen LogP contribution in [0.2, 0.25) is 0 Å². The molecule has 0 fully saturated rings. The van der Waals surface area contributed by atoms with Crippen LogP contribution in [0.25, 0.3) is 10.9 Å². The van der Waals surface area contributed by atoms with Crippen molar-refractivity contribution in [1.29, 1.82) is 0 Å². The number of nitrogens with zero attached hydrogens (tertiary/aromatic N) is 1. The Hall–Kier alpha value is -1.88. The van der Waals surface area contributed by atoms with Crippen LogP contribution in [-0.4, -0.2) is 43.0 Å². The summed E-state index contributed by atoms with van der Waals surface area (Å²) >= 11 is 0. The van der Waals surface area contributed by atoms with Crippen molar-refractivity contribution in [2.75, 3.05) is 27.2 Å². The summed E-state index contributed by atoms with van der Waals surface area (Å²) in [7, 11) is 4.02. The number of H-pyrrole nitrogens is 1. The van der Waals surface area contributed by atoms with Crippen LogP contribution in [0.4, 0.5) is 4.39 Å². The number of aromatic amines is 1. The Bertz CT molecular complexity index is 661. The monoisotopic (exact) mass is 305 g/mol. The Morgan fingerprint density at radius 3 is 2.77 bits per heavy atom. The highest BCUT2D eigenvalue weighted by atomic mass is 19.1. The molecule has 0 spiro atoms. The minimum Gasteiger partial charge on any atom is -0.361 e. The van der Waals surface area contributed by atoms with E-state index < -0.39 is 5.41 Å². The van der Waals surface area contributed by atoms with Gasteiger partial charge in [-0.25, -0.2) is 4.39 Å². The van der Waals surface area contributed by atoms with E-state index in [1.165, 1.54) is 12.1 Å². The van der Waals surface area contributed by atoms with Gasteiger partial charge in [-0.1, -0.05) is 0 Å². The zero-order valence-electron chi connectivity index (χ0n) is 13.7. The van der Waals surface area contributed by atoms with Crippen LogP contribution in [0.5, 0.6) is 0 Å². The van der Waals surface area contributed by atoms with Crippen LogP contribution in [0.15, 0.2) is 24.4 Å². The van der Waals surface area contributed by atoms with Crippen molar-refractivity contribution in [3.05, 3.63) is 35.8 Å². The highest BCUT2D eigenvalue weighted by Gasteiger charge is 2.31. The van der Waals surface area contributed by atoms with Crippen molar-refractivity contribution in [3.63, 3.8) is 0 Å². The molecule has 0 saturated carbocycles. The third-order valence-corrected chi connectivity index (χ3v) is 3.95. The van der Waals surface area contributed by atoms with Gasteiger partial charge in [0.15, 0.2) is 0 Å². The molecule has 1 aromatic carbocycles. The number of nitrogens with one attached hydrogen (secondary N) is 2. The second kappa shape index (κ2) is 6.48. The summed E-state index contributed by atoms with van der Waals surface area (Å²) in [6.45, 7) is 5.37. The molecule has 1 aromatic heterocycles. The van der Waals surface area contributed by atoms with Gasteiger partial charge >= 0.3 is 0 Å². The number of rotatable bonds is 6. The van der Waals surface area contributed by atoms with Crippen LogP contribution in [-0.2, 0) is 10.2 Å². The molecule has 0 bridgehead atoms. The molecule has 120 valence electrons. The van der Waals surface area contributed by atoms with E-state index in [4.69, 9.17) is 0 Å². The summed E-state index contributed by atoms with van der Waals surface area (Å²) in [4.78, 5) is 17.6. The summed E-state index contributed by atoms with van der Waals surface area (Å²) in [6, 6.07) is 4.59. The second-order valence-electron chi connectivity index (χ2n) is 6.43. The predicted molar refractivity (Wildman–Crippen MR) is 87.5 cm³/mol. The molecule has 0 saturated heterocycles. The Labute approximate surface area is 130 Å². The smallest absolute Gasteiger partial charge is 0.230 e. The van der Waals surface area contributed by atoms with Gasteiger partial charge in [0, 0.05) is 23.6 Å². The van der Waals surface area contributed by atoms with Crippen molar-refractivity contribution in [2.45, 2.75) is 25.7 Å². The maximum absolute atomic E-state index is 13.3. The Kier molecular flexibility index (Phi) is 4.86. The quantitative estimate of drug-likeness (QED) is 0.806. The maximum atomic E-state index is 13.3. The number of amides is 1. The summed E-state index contributed by atoms with van der Waals surface area (Å²) in [5, 5.41) is 3.87. The first-order valence-electron chi connectivity index (χ1n) is 7.52. The average Bonchev–Trinajstić information content (AvgIpc) is 2.86. The zero-order valence-corrected chi connectivity index (χ0v) is 13.7. The molecule has 5 heteroatoms. The zero-order chi connectivity index (χ0) is 16.3. The van der Waals surface area contributed by atoms with E-state index in [-0.39, 0.29) is 11.7 Å². The van der Waals surface area contributed by atoms with Crippen LogP contribution in [0.3, 0.4) is 0 Å². The number of carbonyl (C=O) groups excluding carboxylic acids is 1. The summed E-state index contributed by atoms with van der Waals surface area (Å²) in [5.41, 5.74) is 0.921. The van der Waals surface area contributed by atoms with E-state index in [0.717, 1.165) is 23.9 Å². The fraction of sp³-hybridized carbons (Fsp3) is 0.471. The summed E-state index contributed by atoms with van der Waals surface area (Å²) in [6.07, 6.45) is 2.71. The number of benzene rings is 1. The third-order valence-electron chi connectivity index (χ3n) is 3.95. The first-order valence-corrected chi connectivity index (χ1v) is 7.52. The molecule has 1 amide bonds. The topological polar surface area (TPSA) is 48.1 Å². The lowest BCUT2D eigenvalue weighted by Gasteiger charge is -2.23. The Morgan fingerprint density at radius 1 is 1.36 bits per heavy atom. The van der Waals surface area contributed by atoms with Crippen molar-refractivity contribution in [1.82, 2.24) is 15.2 Å². The third kappa shape index (κ3) is 3.47. The number of aromatic nitrogens is 1. The maximum Gasteiger partial charge on any atom is 0.230 e. The Morgan fingerprint density at radius 2 is 2.09 bits per heavy atom. The van der Waals surface area contributed by atoms with Gasteiger partial charge in [-0.2, -0.15) is 0 Å². The molecule has 0 aliphatic carbocycles. The number of fused-ring (bicyclic) bond motifs is 1. The predicted octanol–water partition coefficient (Wildman–Crippen LogP) is 2.65. The standard InChI is InChI=1S/C17H24FN3O/c1-17(2,16(22)19-8-5-9-21(3)4)14-11-20-15-10-12(18)6-7-13(14)15/h6-7,10-11,20H,5,8-9H2,1-4H3,(H,19,22). The van der Waals surface area contributed by atoms with E-state index in [1.807, 2.05) is 27.9 Å². The molecule has 0 radical (unpaired) electrons. The molecule has 2 N–H and O–H groups in total. The highest BCUT2D eigenvalue weighted by molar-refractivity contribution is 5.94. The van der Waals surface area contributed by atoms with E-state index in [1.54, 1.807) is 12.3 Å². The molecule has 2 rings (SSSR count). The van der Waals surface area contributed by atoms with Gasteiger partial charge in [-0.3, -0.25) is 4.79 Å². The van der Waals surface area contributed by atoms with Gasteiger partial charge in [-0.15, -0.1) is 0 Å². The molecule has 4 nitrogen and oxygen atoms in total. The molecule has 0 aliphatic heterocycles. The highest BCUT2D eigenvalue weighted by Crippen LogP contribution is 2.31. The molecule has 0 aliphatic rings. The first kappa shape index (κ1) is 16.5. The number of hydrogen-bond acceptors (Lipinski definition) is 2. The summed E-state index contributed by atoms with van der Waals surface area (Å²) in [5.74, 6) is -0.302. The molecule has 22 heavy (non-hydrogen) atoms. The van der Waals surface area contributed by atoms with Crippen molar-refractivity contribution in [2.24, 2.45) is 0 Å². The number of carbonyl (C=O) groups is 1. The van der Waals surface area contributed by atoms with Gasteiger partial charge < -0.3 is 15.2 Å². The normalized spacial score (nSPS) is 12.1. The largest absolute Gasteiger partial charge is 0.361 e. The van der Waals surface area contributed by atoms with Gasteiger partial charge in [0.1, 0.15) is 5.82 Å². The minimum absolute atomic E-state index is 0.0171. The molecule has 2 aromatic rings. The Balaban J connectivity index is 2.12. The molecule has 0 unspecified atom stereocenters. The van der Waals surface area contributed by atoms with Crippen molar-refractivity contribution in [3.8, 4) is 0 Å². The van der Waals surface area contributed by atoms with Gasteiger partial charge in [0.2, 0.25) is 5.91 Å².